The number of amides is 1. The predicted octanol–water partition coefficient (Wildman–Crippen LogP) is 4.53. The molecule has 3 nitrogen and oxygen atoms in total. The van der Waals surface area contributed by atoms with Crippen LogP contribution in [0, 0.1) is 12.7 Å². The van der Waals surface area contributed by atoms with Crippen molar-refractivity contribution in [1.29, 1.82) is 0 Å². The predicted molar refractivity (Wildman–Crippen MR) is 81.6 cm³/mol. The maximum atomic E-state index is 13.5. The average Bonchev–Trinajstić information content (AvgIpc) is 2.76. The van der Waals surface area contributed by atoms with Gasteiger partial charge in [0.15, 0.2) is 0 Å². The van der Waals surface area contributed by atoms with Crippen molar-refractivity contribution in [3.05, 3.63) is 52.0 Å². The molecule has 0 atom stereocenters. The number of benzene rings is 1. The van der Waals surface area contributed by atoms with Gasteiger partial charge in [0.25, 0.3) is 5.91 Å². The standard InChI is InChI=1S/C15H16BrFN2O/c1-9(2)19-8-11(16)6-14(19)15(20)18-12-5-4-10(3)13(17)7-12/h4-9H,1-3H3,(H,18,20). The van der Waals surface area contributed by atoms with Gasteiger partial charge in [0, 0.05) is 22.4 Å². The van der Waals surface area contributed by atoms with Gasteiger partial charge in [-0.2, -0.15) is 0 Å². The maximum absolute atomic E-state index is 13.5. The van der Waals surface area contributed by atoms with Crippen molar-refractivity contribution in [1.82, 2.24) is 4.57 Å². The number of halogens is 2. The quantitative estimate of drug-likeness (QED) is 0.876. The molecule has 0 saturated carbocycles. The zero-order valence-electron chi connectivity index (χ0n) is 11.6. The summed E-state index contributed by atoms with van der Waals surface area (Å²) in [5, 5.41) is 2.71. The number of carbonyl (C=O) groups excluding carboxylic acids is 1. The molecule has 0 fully saturated rings. The van der Waals surface area contributed by atoms with Crippen molar-refractivity contribution < 1.29 is 9.18 Å². The number of nitrogens with zero attached hydrogens (tertiary/aromatic N) is 1. The fourth-order valence-electron chi connectivity index (χ4n) is 1.92. The zero-order chi connectivity index (χ0) is 14.9. The van der Waals surface area contributed by atoms with Crippen LogP contribution in [0.4, 0.5) is 10.1 Å². The lowest BCUT2D eigenvalue weighted by atomic mass is 10.2. The van der Waals surface area contributed by atoms with Gasteiger partial charge in [-0.05, 0) is 60.5 Å². The molecule has 2 rings (SSSR count). The first kappa shape index (κ1) is 14.8. The number of aryl methyl sites for hydroxylation is 1. The van der Waals surface area contributed by atoms with E-state index in [1.165, 1.54) is 6.07 Å². The van der Waals surface area contributed by atoms with Crippen LogP contribution in [0.5, 0.6) is 0 Å². The van der Waals surface area contributed by atoms with E-state index in [9.17, 15) is 9.18 Å². The Balaban J connectivity index is 2.26. The molecule has 0 spiro atoms. The molecule has 0 aliphatic carbocycles. The molecule has 20 heavy (non-hydrogen) atoms. The number of anilines is 1. The second-order valence-electron chi connectivity index (χ2n) is 4.96. The van der Waals surface area contributed by atoms with Gasteiger partial charge in [-0.25, -0.2) is 4.39 Å². The summed E-state index contributed by atoms with van der Waals surface area (Å²) in [5.74, 6) is -0.587. The molecule has 0 saturated heterocycles. The Bertz CT molecular complexity index is 649. The van der Waals surface area contributed by atoms with E-state index in [1.54, 1.807) is 25.1 Å². The van der Waals surface area contributed by atoms with Crippen LogP contribution in [-0.4, -0.2) is 10.5 Å². The molecule has 0 bridgehead atoms. The Morgan fingerprint density at radius 2 is 2.05 bits per heavy atom. The second-order valence-corrected chi connectivity index (χ2v) is 5.88. The lowest BCUT2D eigenvalue weighted by Crippen LogP contribution is -2.17. The molecule has 0 radical (unpaired) electrons. The summed E-state index contributed by atoms with van der Waals surface area (Å²) in [5.41, 5.74) is 1.54. The molecule has 2 aromatic rings. The SMILES string of the molecule is Cc1ccc(NC(=O)c2cc(Br)cn2C(C)C)cc1F. The minimum absolute atomic E-state index is 0.164. The largest absolute Gasteiger partial charge is 0.340 e. The molecule has 1 N–H and O–H groups in total. The Morgan fingerprint density at radius 1 is 1.35 bits per heavy atom. The van der Waals surface area contributed by atoms with Crippen molar-refractivity contribution in [3.63, 3.8) is 0 Å². The van der Waals surface area contributed by atoms with E-state index in [0.717, 1.165) is 4.47 Å². The second kappa shape index (κ2) is 5.79. The fourth-order valence-corrected chi connectivity index (χ4v) is 2.36. The highest BCUT2D eigenvalue weighted by atomic mass is 79.9. The zero-order valence-corrected chi connectivity index (χ0v) is 13.2. The van der Waals surface area contributed by atoms with Gasteiger partial charge in [0.05, 0.1) is 0 Å². The molecular formula is C15H16BrFN2O. The minimum Gasteiger partial charge on any atom is -0.340 e. The summed E-state index contributed by atoms with van der Waals surface area (Å²) in [6, 6.07) is 6.57. The molecule has 106 valence electrons. The lowest BCUT2D eigenvalue weighted by Gasteiger charge is -2.13. The van der Waals surface area contributed by atoms with Crippen LogP contribution < -0.4 is 5.32 Å². The monoisotopic (exact) mass is 338 g/mol. The van der Waals surface area contributed by atoms with Gasteiger partial charge in [0.2, 0.25) is 0 Å². The first-order valence-electron chi connectivity index (χ1n) is 6.33. The van der Waals surface area contributed by atoms with E-state index >= 15 is 0 Å². The van der Waals surface area contributed by atoms with Gasteiger partial charge in [-0.1, -0.05) is 6.07 Å². The van der Waals surface area contributed by atoms with Gasteiger partial charge < -0.3 is 9.88 Å². The van der Waals surface area contributed by atoms with E-state index < -0.39 is 0 Å². The van der Waals surface area contributed by atoms with Gasteiger partial charge in [-0.15, -0.1) is 0 Å². The molecule has 1 amide bonds. The molecule has 1 aromatic heterocycles. The first-order chi connectivity index (χ1) is 9.38. The van der Waals surface area contributed by atoms with Crippen LogP contribution in [0.2, 0.25) is 0 Å². The van der Waals surface area contributed by atoms with Gasteiger partial charge in [-0.3, -0.25) is 4.79 Å². The minimum atomic E-state index is -0.330. The number of hydrogen-bond acceptors (Lipinski definition) is 1. The van der Waals surface area contributed by atoms with E-state index in [-0.39, 0.29) is 17.8 Å². The third kappa shape index (κ3) is 3.10. The third-order valence-electron chi connectivity index (χ3n) is 3.03. The number of hydrogen-bond donors (Lipinski definition) is 1. The van der Waals surface area contributed by atoms with Crippen LogP contribution in [0.25, 0.3) is 0 Å². The van der Waals surface area contributed by atoms with Crippen LogP contribution in [0.1, 0.15) is 35.9 Å². The molecule has 5 heteroatoms. The highest BCUT2D eigenvalue weighted by Gasteiger charge is 2.15. The van der Waals surface area contributed by atoms with E-state index in [2.05, 4.69) is 21.2 Å². The Labute approximate surface area is 125 Å². The van der Waals surface area contributed by atoms with E-state index in [4.69, 9.17) is 0 Å². The summed E-state index contributed by atoms with van der Waals surface area (Å²) < 4.78 is 16.2. The highest BCUT2D eigenvalue weighted by Crippen LogP contribution is 2.21. The molecule has 1 heterocycles. The summed E-state index contributed by atoms with van der Waals surface area (Å²) in [4.78, 5) is 12.3. The lowest BCUT2D eigenvalue weighted by molar-refractivity contribution is 0.101. The number of aromatic nitrogens is 1. The number of rotatable bonds is 3. The Kier molecular flexibility index (Phi) is 4.28. The van der Waals surface area contributed by atoms with Crippen molar-refractivity contribution >= 4 is 27.5 Å². The topological polar surface area (TPSA) is 34.0 Å². The van der Waals surface area contributed by atoms with Crippen molar-refractivity contribution in [2.45, 2.75) is 26.8 Å². The number of nitrogens with one attached hydrogen (secondary N) is 1. The van der Waals surface area contributed by atoms with Crippen molar-refractivity contribution in [2.24, 2.45) is 0 Å². The first-order valence-corrected chi connectivity index (χ1v) is 7.12. The summed E-state index contributed by atoms with van der Waals surface area (Å²) >= 11 is 3.37. The normalized spacial score (nSPS) is 10.9. The maximum Gasteiger partial charge on any atom is 0.272 e. The third-order valence-corrected chi connectivity index (χ3v) is 3.47. The smallest absolute Gasteiger partial charge is 0.272 e. The fraction of sp³-hybridized carbons (Fsp3) is 0.267. The Morgan fingerprint density at radius 3 is 2.65 bits per heavy atom. The summed E-state index contributed by atoms with van der Waals surface area (Å²) in [6.07, 6.45) is 1.86. The summed E-state index contributed by atoms with van der Waals surface area (Å²) in [6.45, 7) is 5.67. The van der Waals surface area contributed by atoms with Gasteiger partial charge >= 0.3 is 0 Å². The van der Waals surface area contributed by atoms with E-state index in [1.807, 2.05) is 24.6 Å². The van der Waals surface area contributed by atoms with E-state index in [0.29, 0.717) is 16.9 Å². The molecule has 0 aliphatic rings. The molecule has 0 aliphatic heterocycles. The molecule has 0 unspecified atom stereocenters. The van der Waals surface area contributed by atoms with Crippen LogP contribution >= 0.6 is 15.9 Å². The summed E-state index contributed by atoms with van der Waals surface area (Å²) in [7, 11) is 0. The van der Waals surface area contributed by atoms with Crippen molar-refractivity contribution in [2.75, 3.05) is 5.32 Å². The molecule has 1 aromatic carbocycles. The van der Waals surface area contributed by atoms with Gasteiger partial charge in [0.1, 0.15) is 11.5 Å². The number of carbonyl (C=O) groups is 1. The Hall–Kier alpha value is -1.62. The van der Waals surface area contributed by atoms with Crippen LogP contribution in [0.15, 0.2) is 34.9 Å². The molecular weight excluding hydrogens is 323 g/mol. The van der Waals surface area contributed by atoms with Crippen molar-refractivity contribution in [3.8, 4) is 0 Å². The van der Waals surface area contributed by atoms with Crippen LogP contribution in [0.3, 0.4) is 0 Å². The van der Waals surface area contributed by atoms with Crippen LogP contribution in [-0.2, 0) is 0 Å². The highest BCUT2D eigenvalue weighted by molar-refractivity contribution is 9.10. The average molecular weight is 339 g/mol.